The second kappa shape index (κ2) is 5.71. The van der Waals surface area contributed by atoms with E-state index in [2.05, 4.69) is 4.98 Å². The zero-order valence-electron chi connectivity index (χ0n) is 10.5. The van der Waals surface area contributed by atoms with Crippen LogP contribution in [0, 0.1) is 0 Å². The van der Waals surface area contributed by atoms with Crippen molar-refractivity contribution in [1.82, 2.24) is 4.98 Å². The number of hydrogen-bond donors (Lipinski definition) is 1. The van der Waals surface area contributed by atoms with Gasteiger partial charge in [-0.05, 0) is 29.8 Å². The number of aromatic nitrogens is 1. The number of rotatable bonds is 4. The molecule has 0 bridgehead atoms. The third kappa shape index (κ3) is 3.23. The lowest BCUT2D eigenvalue weighted by molar-refractivity contribution is 0.100. The summed E-state index contributed by atoms with van der Waals surface area (Å²) in [5, 5.41) is 0.682. The van der Waals surface area contributed by atoms with E-state index in [-0.39, 0.29) is 0 Å². The van der Waals surface area contributed by atoms with E-state index in [4.69, 9.17) is 17.3 Å². The van der Waals surface area contributed by atoms with E-state index in [0.29, 0.717) is 22.9 Å². The molecule has 4 nitrogen and oxygen atoms in total. The molecule has 0 aliphatic heterocycles. The lowest BCUT2D eigenvalue weighted by atomic mass is 10.2. The molecule has 0 spiro atoms. The molecule has 98 valence electrons. The van der Waals surface area contributed by atoms with Crippen molar-refractivity contribution < 1.29 is 4.79 Å². The summed E-state index contributed by atoms with van der Waals surface area (Å²) in [7, 11) is 1.86. The number of nitrogens with zero attached hydrogens (tertiary/aromatic N) is 2. The first-order valence-electron chi connectivity index (χ1n) is 5.78. The Morgan fingerprint density at radius 1 is 1.37 bits per heavy atom. The van der Waals surface area contributed by atoms with Gasteiger partial charge in [0.2, 0.25) is 0 Å². The van der Waals surface area contributed by atoms with Crippen molar-refractivity contribution in [3.05, 3.63) is 58.7 Å². The minimum absolute atomic E-state index is 0.409. The Bertz CT molecular complexity index is 601. The number of pyridine rings is 1. The van der Waals surface area contributed by atoms with Crippen LogP contribution in [0.5, 0.6) is 0 Å². The van der Waals surface area contributed by atoms with Crippen molar-refractivity contribution in [3.8, 4) is 0 Å². The molecule has 0 aliphatic carbocycles. The molecule has 0 aliphatic rings. The smallest absolute Gasteiger partial charge is 0.252 e. The second-order valence-electron chi connectivity index (χ2n) is 4.22. The number of amides is 1. The summed E-state index contributed by atoms with van der Waals surface area (Å²) < 4.78 is 0. The van der Waals surface area contributed by atoms with E-state index >= 15 is 0 Å². The highest BCUT2D eigenvalue weighted by Gasteiger charge is 2.13. The summed E-state index contributed by atoms with van der Waals surface area (Å²) in [6.07, 6.45) is 1.64. The minimum Gasteiger partial charge on any atom is -0.365 e. The standard InChI is InChI=1S/C14H14ClN3O/c1-18(9-10-4-2-5-11(15)8-10)14-12(13(16)19)6-3-7-17-14/h2-8H,9H2,1H3,(H2,16,19). The van der Waals surface area contributed by atoms with Crippen LogP contribution in [0.2, 0.25) is 5.02 Å². The molecule has 1 amide bonds. The number of benzene rings is 1. The average molecular weight is 276 g/mol. The quantitative estimate of drug-likeness (QED) is 0.932. The van der Waals surface area contributed by atoms with E-state index in [1.54, 1.807) is 18.3 Å². The monoisotopic (exact) mass is 275 g/mol. The van der Waals surface area contributed by atoms with Gasteiger partial charge in [0.25, 0.3) is 5.91 Å². The van der Waals surface area contributed by atoms with Gasteiger partial charge in [-0.3, -0.25) is 4.79 Å². The van der Waals surface area contributed by atoms with Gasteiger partial charge >= 0.3 is 0 Å². The Labute approximate surface area is 116 Å². The molecule has 0 saturated carbocycles. The zero-order valence-corrected chi connectivity index (χ0v) is 11.3. The van der Waals surface area contributed by atoms with Gasteiger partial charge in [0.05, 0.1) is 5.56 Å². The molecular weight excluding hydrogens is 262 g/mol. The number of hydrogen-bond acceptors (Lipinski definition) is 3. The van der Waals surface area contributed by atoms with E-state index in [9.17, 15) is 4.79 Å². The fourth-order valence-electron chi connectivity index (χ4n) is 1.88. The summed E-state index contributed by atoms with van der Waals surface area (Å²) in [4.78, 5) is 17.4. The molecule has 2 N–H and O–H groups in total. The van der Waals surface area contributed by atoms with Crippen LogP contribution in [0.15, 0.2) is 42.6 Å². The van der Waals surface area contributed by atoms with E-state index in [0.717, 1.165) is 5.56 Å². The number of primary amides is 1. The van der Waals surface area contributed by atoms with Crippen molar-refractivity contribution in [1.29, 1.82) is 0 Å². The Hall–Kier alpha value is -2.07. The van der Waals surface area contributed by atoms with Gasteiger partial charge < -0.3 is 10.6 Å². The number of anilines is 1. The molecular formula is C14H14ClN3O. The molecule has 0 atom stereocenters. The van der Waals surface area contributed by atoms with Crippen LogP contribution >= 0.6 is 11.6 Å². The van der Waals surface area contributed by atoms with Gasteiger partial charge in [0.1, 0.15) is 5.82 Å². The summed E-state index contributed by atoms with van der Waals surface area (Å²) in [5.41, 5.74) is 6.79. The highest BCUT2D eigenvalue weighted by molar-refractivity contribution is 6.30. The normalized spacial score (nSPS) is 10.2. The second-order valence-corrected chi connectivity index (χ2v) is 4.66. The third-order valence-corrected chi connectivity index (χ3v) is 2.96. The van der Waals surface area contributed by atoms with Crippen LogP contribution in [0.25, 0.3) is 0 Å². The molecule has 1 heterocycles. The Kier molecular flexibility index (Phi) is 4.02. The summed E-state index contributed by atoms with van der Waals surface area (Å²) in [6.45, 7) is 0.595. The third-order valence-electron chi connectivity index (χ3n) is 2.72. The predicted molar refractivity (Wildman–Crippen MR) is 76.3 cm³/mol. The van der Waals surface area contributed by atoms with E-state index in [1.165, 1.54) is 0 Å². The maximum absolute atomic E-state index is 11.4. The van der Waals surface area contributed by atoms with Crippen molar-refractivity contribution in [3.63, 3.8) is 0 Å². The average Bonchev–Trinajstić information content (AvgIpc) is 2.38. The van der Waals surface area contributed by atoms with Crippen LogP contribution in [-0.2, 0) is 6.54 Å². The lowest BCUT2D eigenvalue weighted by Crippen LogP contribution is -2.23. The van der Waals surface area contributed by atoms with Gasteiger partial charge in [-0.15, -0.1) is 0 Å². The van der Waals surface area contributed by atoms with Crippen molar-refractivity contribution in [2.45, 2.75) is 6.54 Å². The fraction of sp³-hybridized carbons (Fsp3) is 0.143. The largest absolute Gasteiger partial charge is 0.365 e. The first-order valence-corrected chi connectivity index (χ1v) is 6.16. The molecule has 1 aromatic carbocycles. The first-order chi connectivity index (χ1) is 9.08. The summed E-state index contributed by atoms with van der Waals surface area (Å²) in [6, 6.07) is 10.9. The lowest BCUT2D eigenvalue weighted by Gasteiger charge is -2.20. The summed E-state index contributed by atoms with van der Waals surface area (Å²) >= 11 is 5.95. The first kappa shape index (κ1) is 13.4. The topological polar surface area (TPSA) is 59.2 Å². The Balaban J connectivity index is 2.25. The Morgan fingerprint density at radius 3 is 2.84 bits per heavy atom. The zero-order chi connectivity index (χ0) is 13.8. The molecule has 0 fully saturated rings. The number of carbonyl (C=O) groups excluding carboxylic acids is 1. The molecule has 0 unspecified atom stereocenters. The molecule has 0 saturated heterocycles. The van der Waals surface area contributed by atoms with Gasteiger partial charge in [-0.25, -0.2) is 4.98 Å². The van der Waals surface area contributed by atoms with Crippen molar-refractivity contribution in [2.75, 3.05) is 11.9 Å². The Morgan fingerprint density at radius 2 is 2.16 bits per heavy atom. The summed E-state index contributed by atoms with van der Waals surface area (Å²) in [5.74, 6) is 0.0796. The van der Waals surface area contributed by atoms with Crippen LogP contribution in [0.3, 0.4) is 0 Å². The molecule has 5 heteroatoms. The predicted octanol–water partition coefficient (Wildman–Crippen LogP) is 2.47. The minimum atomic E-state index is -0.485. The van der Waals surface area contributed by atoms with Crippen LogP contribution in [0.4, 0.5) is 5.82 Å². The van der Waals surface area contributed by atoms with Gasteiger partial charge in [0.15, 0.2) is 0 Å². The molecule has 1 aromatic heterocycles. The molecule has 2 rings (SSSR count). The maximum Gasteiger partial charge on any atom is 0.252 e. The molecule has 19 heavy (non-hydrogen) atoms. The highest BCUT2D eigenvalue weighted by Crippen LogP contribution is 2.19. The molecule has 0 radical (unpaired) electrons. The van der Waals surface area contributed by atoms with Crippen LogP contribution in [-0.4, -0.2) is 17.9 Å². The highest BCUT2D eigenvalue weighted by atomic mass is 35.5. The molecule has 2 aromatic rings. The SMILES string of the molecule is CN(Cc1cccc(Cl)c1)c1ncccc1C(N)=O. The number of carbonyl (C=O) groups is 1. The number of halogens is 1. The van der Waals surface area contributed by atoms with Crippen molar-refractivity contribution in [2.24, 2.45) is 5.73 Å². The maximum atomic E-state index is 11.4. The van der Waals surface area contributed by atoms with Gasteiger partial charge in [-0.1, -0.05) is 23.7 Å². The van der Waals surface area contributed by atoms with Gasteiger partial charge in [0, 0.05) is 24.8 Å². The van der Waals surface area contributed by atoms with Crippen molar-refractivity contribution >= 4 is 23.3 Å². The van der Waals surface area contributed by atoms with E-state index in [1.807, 2.05) is 36.2 Å². The fourth-order valence-corrected chi connectivity index (χ4v) is 2.09. The van der Waals surface area contributed by atoms with Gasteiger partial charge in [-0.2, -0.15) is 0 Å². The van der Waals surface area contributed by atoms with Crippen LogP contribution < -0.4 is 10.6 Å². The van der Waals surface area contributed by atoms with Crippen LogP contribution in [0.1, 0.15) is 15.9 Å². The number of nitrogens with two attached hydrogens (primary N) is 1. The van der Waals surface area contributed by atoms with E-state index < -0.39 is 5.91 Å².